The predicted octanol–water partition coefficient (Wildman–Crippen LogP) is 3.11. The Hall–Kier alpha value is -0.570. The summed E-state index contributed by atoms with van der Waals surface area (Å²) in [5, 5.41) is 0.534. The molecule has 0 aliphatic rings. The first kappa shape index (κ1) is 9.52. The van der Waals surface area contributed by atoms with Crippen molar-refractivity contribution in [1.29, 1.82) is 0 Å². The Morgan fingerprint density at radius 2 is 2.42 bits per heavy atom. The molecule has 12 heavy (non-hydrogen) atoms. The molecule has 0 N–H and O–H groups in total. The van der Waals surface area contributed by atoms with E-state index < -0.39 is 5.95 Å². The Labute approximate surface area is 76.4 Å². The van der Waals surface area contributed by atoms with Crippen molar-refractivity contribution in [2.24, 2.45) is 0 Å². The largest absolute Gasteiger partial charge is 0.228 e. The van der Waals surface area contributed by atoms with Crippen LogP contribution in [0.15, 0.2) is 23.2 Å². The summed E-state index contributed by atoms with van der Waals surface area (Å²) in [6, 6.07) is 3.30. The Kier molecular flexibility index (Phi) is 3.53. The van der Waals surface area contributed by atoms with Crippen molar-refractivity contribution in [3.63, 3.8) is 0 Å². The van der Waals surface area contributed by atoms with E-state index in [0.29, 0.717) is 5.25 Å². The van der Waals surface area contributed by atoms with Crippen LogP contribution >= 0.6 is 11.8 Å². The first-order valence-electron chi connectivity index (χ1n) is 4.00. The fourth-order valence-corrected chi connectivity index (χ4v) is 1.71. The topological polar surface area (TPSA) is 12.9 Å². The second-order valence-electron chi connectivity index (χ2n) is 2.65. The van der Waals surface area contributed by atoms with E-state index in [-0.39, 0.29) is 0 Å². The van der Waals surface area contributed by atoms with Crippen molar-refractivity contribution < 1.29 is 4.39 Å². The highest BCUT2D eigenvalue weighted by molar-refractivity contribution is 7.99. The minimum Gasteiger partial charge on any atom is -0.228 e. The quantitative estimate of drug-likeness (QED) is 0.530. The molecule has 0 radical (unpaired) electrons. The molecule has 1 rings (SSSR count). The summed E-state index contributed by atoms with van der Waals surface area (Å²) in [4.78, 5) is 4.45. The molecule has 1 aromatic rings. The third-order valence-corrected chi connectivity index (χ3v) is 2.87. The van der Waals surface area contributed by atoms with Gasteiger partial charge >= 0.3 is 0 Å². The molecule has 3 heteroatoms. The van der Waals surface area contributed by atoms with E-state index in [9.17, 15) is 4.39 Å². The number of pyridine rings is 1. The van der Waals surface area contributed by atoms with Crippen LogP contribution in [0.4, 0.5) is 4.39 Å². The maximum atomic E-state index is 12.6. The molecular formula is C9H12FNS. The second kappa shape index (κ2) is 4.45. The fraction of sp³-hybridized carbons (Fsp3) is 0.444. The van der Waals surface area contributed by atoms with Crippen LogP contribution < -0.4 is 0 Å². The zero-order valence-electron chi connectivity index (χ0n) is 7.25. The third kappa shape index (κ3) is 2.81. The van der Waals surface area contributed by atoms with Crippen LogP contribution in [0.2, 0.25) is 0 Å². The van der Waals surface area contributed by atoms with Gasteiger partial charge in [0.1, 0.15) is 0 Å². The second-order valence-corrected chi connectivity index (χ2v) is 4.16. The van der Waals surface area contributed by atoms with Crippen LogP contribution in [0.1, 0.15) is 20.3 Å². The van der Waals surface area contributed by atoms with Gasteiger partial charge in [0.05, 0.1) is 0 Å². The number of thioether (sulfide) groups is 1. The molecule has 1 atom stereocenters. The van der Waals surface area contributed by atoms with E-state index >= 15 is 0 Å². The Balaban J connectivity index is 2.63. The van der Waals surface area contributed by atoms with Gasteiger partial charge in [-0.1, -0.05) is 13.8 Å². The summed E-state index contributed by atoms with van der Waals surface area (Å²) in [5.74, 6) is -0.400. The standard InChI is InChI=1S/C9H12FNS/c1-3-7(2)12-8-4-5-11-9(10)6-8/h4-7H,3H2,1-2H3. The van der Waals surface area contributed by atoms with E-state index in [0.717, 1.165) is 11.3 Å². The van der Waals surface area contributed by atoms with E-state index in [1.165, 1.54) is 12.3 Å². The molecule has 0 spiro atoms. The lowest BCUT2D eigenvalue weighted by molar-refractivity contribution is 0.579. The first-order chi connectivity index (χ1) is 5.72. The van der Waals surface area contributed by atoms with Gasteiger partial charge in [0, 0.05) is 22.4 Å². The van der Waals surface area contributed by atoms with E-state index in [1.54, 1.807) is 11.8 Å². The molecule has 66 valence electrons. The molecular weight excluding hydrogens is 173 g/mol. The van der Waals surface area contributed by atoms with Gasteiger partial charge in [-0.05, 0) is 12.5 Å². The van der Waals surface area contributed by atoms with Crippen molar-refractivity contribution in [1.82, 2.24) is 4.98 Å². The number of nitrogens with zero attached hydrogens (tertiary/aromatic N) is 1. The Morgan fingerprint density at radius 3 is 3.00 bits per heavy atom. The summed E-state index contributed by atoms with van der Waals surface area (Å²) < 4.78 is 12.6. The molecule has 1 aromatic heterocycles. The molecule has 0 aliphatic carbocycles. The lowest BCUT2D eigenvalue weighted by Gasteiger charge is -2.06. The average molecular weight is 185 g/mol. The van der Waals surface area contributed by atoms with Gasteiger partial charge < -0.3 is 0 Å². The number of hydrogen-bond donors (Lipinski definition) is 0. The molecule has 1 nitrogen and oxygen atoms in total. The minimum absolute atomic E-state index is 0.400. The Bertz CT molecular complexity index is 252. The number of hydrogen-bond acceptors (Lipinski definition) is 2. The molecule has 0 saturated carbocycles. The summed E-state index contributed by atoms with van der Waals surface area (Å²) >= 11 is 1.68. The average Bonchev–Trinajstić information content (AvgIpc) is 2.04. The monoisotopic (exact) mass is 185 g/mol. The molecule has 0 fully saturated rings. The van der Waals surface area contributed by atoms with Crippen molar-refractivity contribution in [3.8, 4) is 0 Å². The van der Waals surface area contributed by atoms with Gasteiger partial charge in [-0.25, -0.2) is 4.98 Å². The minimum atomic E-state index is -0.400. The number of rotatable bonds is 3. The van der Waals surface area contributed by atoms with Gasteiger partial charge in [0.25, 0.3) is 0 Å². The van der Waals surface area contributed by atoms with Crippen molar-refractivity contribution in [2.45, 2.75) is 30.4 Å². The smallest absolute Gasteiger partial charge is 0.213 e. The molecule has 0 amide bonds. The Morgan fingerprint density at radius 1 is 1.67 bits per heavy atom. The maximum Gasteiger partial charge on any atom is 0.213 e. The lowest BCUT2D eigenvalue weighted by atomic mass is 10.4. The van der Waals surface area contributed by atoms with Gasteiger partial charge in [-0.2, -0.15) is 4.39 Å². The molecule has 1 unspecified atom stereocenters. The van der Waals surface area contributed by atoms with Crippen LogP contribution in [0.3, 0.4) is 0 Å². The SMILES string of the molecule is CCC(C)Sc1ccnc(F)c1. The fourth-order valence-electron chi connectivity index (χ4n) is 0.774. The highest BCUT2D eigenvalue weighted by Crippen LogP contribution is 2.24. The van der Waals surface area contributed by atoms with E-state index in [4.69, 9.17) is 0 Å². The van der Waals surface area contributed by atoms with Gasteiger partial charge in [-0.3, -0.25) is 0 Å². The van der Waals surface area contributed by atoms with Crippen molar-refractivity contribution in [2.75, 3.05) is 0 Å². The summed E-state index contributed by atoms with van der Waals surface area (Å²) in [6.45, 7) is 4.25. The number of halogens is 1. The predicted molar refractivity (Wildman–Crippen MR) is 49.8 cm³/mol. The van der Waals surface area contributed by atoms with Crippen LogP contribution in [-0.4, -0.2) is 10.2 Å². The first-order valence-corrected chi connectivity index (χ1v) is 4.88. The maximum absolute atomic E-state index is 12.6. The van der Waals surface area contributed by atoms with Gasteiger partial charge in [0.2, 0.25) is 5.95 Å². The summed E-state index contributed by atoms with van der Waals surface area (Å²) in [6.07, 6.45) is 2.59. The molecule has 1 heterocycles. The van der Waals surface area contributed by atoms with Crippen LogP contribution in [-0.2, 0) is 0 Å². The van der Waals surface area contributed by atoms with Crippen LogP contribution in [0, 0.1) is 5.95 Å². The molecule has 0 aromatic carbocycles. The lowest BCUT2D eigenvalue weighted by Crippen LogP contribution is -1.92. The highest BCUT2D eigenvalue weighted by Gasteiger charge is 2.02. The number of aromatic nitrogens is 1. The molecule has 0 saturated heterocycles. The van der Waals surface area contributed by atoms with Gasteiger partial charge in [-0.15, -0.1) is 11.8 Å². The van der Waals surface area contributed by atoms with Crippen molar-refractivity contribution in [3.05, 3.63) is 24.3 Å². The molecule has 0 bridgehead atoms. The normalized spacial score (nSPS) is 12.9. The van der Waals surface area contributed by atoms with Gasteiger partial charge in [0.15, 0.2) is 0 Å². The summed E-state index contributed by atoms with van der Waals surface area (Å²) in [7, 11) is 0. The molecule has 0 aliphatic heterocycles. The zero-order chi connectivity index (χ0) is 8.97. The highest BCUT2D eigenvalue weighted by atomic mass is 32.2. The van der Waals surface area contributed by atoms with E-state index in [2.05, 4.69) is 18.8 Å². The van der Waals surface area contributed by atoms with Crippen molar-refractivity contribution >= 4 is 11.8 Å². The zero-order valence-corrected chi connectivity index (χ0v) is 8.07. The van der Waals surface area contributed by atoms with E-state index in [1.807, 2.05) is 6.07 Å². The van der Waals surface area contributed by atoms with Crippen LogP contribution in [0.5, 0.6) is 0 Å². The summed E-state index contributed by atoms with van der Waals surface area (Å²) in [5.41, 5.74) is 0. The van der Waals surface area contributed by atoms with Crippen LogP contribution in [0.25, 0.3) is 0 Å². The third-order valence-electron chi connectivity index (χ3n) is 1.61.